The van der Waals surface area contributed by atoms with Crippen molar-refractivity contribution >= 4 is 22.7 Å². The summed E-state index contributed by atoms with van der Waals surface area (Å²) in [5.74, 6) is 0. The van der Waals surface area contributed by atoms with E-state index in [2.05, 4.69) is 31.2 Å². The molecule has 0 spiro atoms. The topological polar surface area (TPSA) is 48.1 Å². The Morgan fingerprint density at radius 3 is 3.00 bits per heavy atom. The number of nitrogens with zero attached hydrogens (tertiary/aromatic N) is 1. The van der Waals surface area contributed by atoms with Crippen LogP contribution >= 0.6 is 11.8 Å². The largest absolute Gasteiger partial charge is 0.377 e. The smallest absolute Gasteiger partial charge is 0.100 e. The van der Waals surface area contributed by atoms with Gasteiger partial charge in [0, 0.05) is 17.2 Å². The van der Waals surface area contributed by atoms with Crippen molar-refractivity contribution in [3.63, 3.8) is 0 Å². The van der Waals surface area contributed by atoms with Crippen molar-refractivity contribution in [3.8, 4) is 0 Å². The summed E-state index contributed by atoms with van der Waals surface area (Å²) in [6, 6.07) is 10.5. The molecule has 3 rings (SSSR count). The molecule has 4 heteroatoms. The van der Waals surface area contributed by atoms with E-state index in [0.29, 0.717) is 17.9 Å². The van der Waals surface area contributed by atoms with Gasteiger partial charge >= 0.3 is 0 Å². The molecule has 1 aliphatic heterocycles. The SMILES string of the molecule is CC1OCCC1Sc1nc2ccccc2cc1CCN. The lowest BCUT2D eigenvalue weighted by atomic mass is 10.1. The third-order valence-electron chi connectivity index (χ3n) is 3.75. The lowest BCUT2D eigenvalue weighted by Gasteiger charge is -2.16. The molecule has 2 aromatic rings. The fourth-order valence-electron chi connectivity index (χ4n) is 2.59. The van der Waals surface area contributed by atoms with E-state index in [4.69, 9.17) is 15.5 Å². The van der Waals surface area contributed by atoms with Crippen LogP contribution in [-0.4, -0.2) is 29.5 Å². The number of fused-ring (bicyclic) bond motifs is 1. The predicted molar refractivity (Wildman–Crippen MR) is 84.2 cm³/mol. The van der Waals surface area contributed by atoms with Crippen LogP contribution in [0.2, 0.25) is 0 Å². The first-order chi connectivity index (χ1) is 9.78. The molecule has 3 nitrogen and oxygen atoms in total. The first-order valence-electron chi connectivity index (χ1n) is 7.15. The highest BCUT2D eigenvalue weighted by Gasteiger charge is 2.26. The summed E-state index contributed by atoms with van der Waals surface area (Å²) < 4.78 is 5.65. The van der Waals surface area contributed by atoms with E-state index in [1.165, 1.54) is 10.9 Å². The summed E-state index contributed by atoms with van der Waals surface area (Å²) in [6.07, 6.45) is 2.28. The Morgan fingerprint density at radius 1 is 1.40 bits per heavy atom. The van der Waals surface area contributed by atoms with Gasteiger partial charge in [-0.05, 0) is 44.0 Å². The molecule has 0 radical (unpaired) electrons. The number of thioether (sulfide) groups is 1. The van der Waals surface area contributed by atoms with Gasteiger partial charge in [-0.25, -0.2) is 4.98 Å². The maximum atomic E-state index is 5.75. The highest BCUT2D eigenvalue weighted by Crippen LogP contribution is 2.34. The average molecular weight is 288 g/mol. The van der Waals surface area contributed by atoms with Crippen LogP contribution in [0, 0.1) is 0 Å². The van der Waals surface area contributed by atoms with E-state index in [1.807, 2.05) is 17.8 Å². The molecule has 0 saturated carbocycles. The van der Waals surface area contributed by atoms with Gasteiger partial charge in [-0.3, -0.25) is 0 Å². The van der Waals surface area contributed by atoms with Crippen molar-refractivity contribution in [2.45, 2.75) is 36.1 Å². The van der Waals surface area contributed by atoms with Crippen molar-refractivity contribution in [1.82, 2.24) is 4.98 Å². The Bertz CT molecular complexity index is 602. The Morgan fingerprint density at radius 2 is 2.25 bits per heavy atom. The summed E-state index contributed by atoms with van der Waals surface area (Å²) >= 11 is 1.85. The minimum absolute atomic E-state index is 0.305. The minimum atomic E-state index is 0.305. The number of hydrogen-bond acceptors (Lipinski definition) is 4. The van der Waals surface area contributed by atoms with Crippen molar-refractivity contribution in [3.05, 3.63) is 35.9 Å². The summed E-state index contributed by atoms with van der Waals surface area (Å²) in [5, 5.41) is 2.81. The van der Waals surface area contributed by atoms with Gasteiger partial charge in [0.2, 0.25) is 0 Å². The molecule has 0 amide bonds. The maximum Gasteiger partial charge on any atom is 0.100 e. The number of para-hydroxylation sites is 1. The quantitative estimate of drug-likeness (QED) is 0.939. The summed E-state index contributed by atoms with van der Waals surface area (Å²) in [6.45, 7) is 3.66. The molecule has 2 heterocycles. The van der Waals surface area contributed by atoms with Gasteiger partial charge in [0.15, 0.2) is 0 Å². The van der Waals surface area contributed by atoms with E-state index in [-0.39, 0.29) is 0 Å². The van der Waals surface area contributed by atoms with Crippen LogP contribution in [0.3, 0.4) is 0 Å². The lowest BCUT2D eigenvalue weighted by Crippen LogP contribution is -2.14. The fourth-order valence-corrected chi connectivity index (χ4v) is 3.82. The van der Waals surface area contributed by atoms with Gasteiger partial charge in [0.05, 0.1) is 11.6 Å². The second-order valence-corrected chi connectivity index (χ2v) is 6.43. The van der Waals surface area contributed by atoms with E-state index in [1.54, 1.807) is 0 Å². The van der Waals surface area contributed by atoms with Crippen LogP contribution in [-0.2, 0) is 11.2 Å². The van der Waals surface area contributed by atoms with Crippen LogP contribution < -0.4 is 5.73 Å². The van der Waals surface area contributed by atoms with Gasteiger partial charge in [0.1, 0.15) is 5.03 Å². The van der Waals surface area contributed by atoms with Crippen molar-refractivity contribution in [2.75, 3.05) is 13.2 Å². The molecule has 1 fully saturated rings. The number of pyridine rings is 1. The van der Waals surface area contributed by atoms with Gasteiger partial charge in [-0.1, -0.05) is 30.0 Å². The standard InChI is InChI=1S/C16H20N2OS/c1-11-15(7-9-19-11)20-16-13(6-8-17)10-12-4-2-3-5-14(12)18-16/h2-5,10-11,15H,6-9,17H2,1H3. The molecule has 0 bridgehead atoms. The molecule has 2 N–H and O–H groups in total. The molecular weight excluding hydrogens is 268 g/mol. The molecular formula is C16H20N2OS. The van der Waals surface area contributed by atoms with E-state index in [9.17, 15) is 0 Å². The Kier molecular flexibility index (Phi) is 4.24. The van der Waals surface area contributed by atoms with Gasteiger partial charge in [0.25, 0.3) is 0 Å². The Labute approximate surface area is 123 Å². The van der Waals surface area contributed by atoms with Gasteiger partial charge < -0.3 is 10.5 Å². The Hall–Kier alpha value is -1.10. The van der Waals surface area contributed by atoms with E-state index < -0.39 is 0 Å². The van der Waals surface area contributed by atoms with Crippen LogP contribution in [0.4, 0.5) is 0 Å². The zero-order valence-electron chi connectivity index (χ0n) is 11.7. The normalized spacial score (nSPS) is 22.5. The number of rotatable bonds is 4. The van der Waals surface area contributed by atoms with Crippen molar-refractivity contribution in [2.24, 2.45) is 5.73 Å². The first-order valence-corrected chi connectivity index (χ1v) is 8.03. The number of hydrogen-bond donors (Lipinski definition) is 1. The second-order valence-electron chi connectivity index (χ2n) is 5.20. The molecule has 106 valence electrons. The van der Waals surface area contributed by atoms with Gasteiger partial charge in [-0.15, -0.1) is 0 Å². The van der Waals surface area contributed by atoms with Gasteiger partial charge in [-0.2, -0.15) is 0 Å². The lowest BCUT2D eigenvalue weighted by molar-refractivity contribution is 0.127. The summed E-state index contributed by atoms with van der Waals surface area (Å²) in [4.78, 5) is 4.84. The molecule has 1 aromatic heterocycles. The highest BCUT2D eigenvalue weighted by molar-refractivity contribution is 8.00. The van der Waals surface area contributed by atoms with Crippen LogP contribution in [0.25, 0.3) is 10.9 Å². The number of aromatic nitrogens is 1. The summed E-state index contributed by atoms with van der Waals surface area (Å²) in [5.41, 5.74) is 8.06. The van der Waals surface area contributed by atoms with Crippen LogP contribution in [0.1, 0.15) is 18.9 Å². The molecule has 1 aromatic carbocycles. The molecule has 1 aliphatic rings. The maximum absolute atomic E-state index is 5.75. The molecule has 1 saturated heterocycles. The fraction of sp³-hybridized carbons (Fsp3) is 0.438. The molecule has 0 aliphatic carbocycles. The Balaban J connectivity index is 1.96. The predicted octanol–water partition coefficient (Wildman–Crippen LogP) is 3.01. The number of benzene rings is 1. The van der Waals surface area contributed by atoms with Crippen molar-refractivity contribution in [1.29, 1.82) is 0 Å². The second kappa shape index (κ2) is 6.12. The zero-order valence-corrected chi connectivity index (χ0v) is 12.5. The summed E-state index contributed by atoms with van der Waals surface area (Å²) in [7, 11) is 0. The van der Waals surface area contributed by atoms with Crippen molar-refractivity contribution < 1.29 is 4.74 Å². The van der Waals surface area contributed by atoms with Crippen LogP contribution in [0.15, 0.2) is 35.4 Å². The van der Waals surface area contributed by atoms with E-state index >= 15 is 0 Å². The number of ether oxygens (including phenoxy) is 1. The first kappa shape index (κ1) is 13.9. The minimum Gasteiger partial charge on any atom is -0.377 e. The average Bonchev–Trinajstić information content (AvgIpc) is 2.85. The van der Waals surface area contributed by atoms with Crippen LogP contribution in [0.5, 0.6) is 0 Å². The number of nitrogens with two attached hydrogens (primary N) is 1. The molecule has 2 unspecified atom stereocenters. The third-order valence-corrected chi connectivity index (χ3v) is 5.25. The highest BCUT2D eigenvalue weighted by atomic mass is 32.2. The molecule has 2 atom stereocenters. The third kappa shape index (κ3) is 2.82. The monoisotopic (exact) mass is 288 g/mol. The zero-order chi connectivity index (χ0) is 13.9. The van der Waals surface area contributed by atoms with E-state index in [0.717, 1.165) is 30.0 Å². The molecule has 20 heavy (non-hydrogen) atoms.